The fraction of sp³-hybridized carbons (Fsp3) is 0.0526. The van der Waals surface area contributed by atoms with Gasteiger partial charge in [0.2, 0.25) is 11.6 Å². The standard InChI is InChI=1S/C19H12N2O2S/c1-24-19-14-15(12-9-5-6-10-13(12)17(14)23)20-18(21-19)16(22)11-7-3-2-4-8-11/h2-10H,1H3. The number of carbonyl (C=O) groups is 2. The van der Waals surface area contributed by atoms with Crippen LogP contribution in [0.25, 0.3) is 11.3 Å². The molecule has 2 aromatic carbocycles. The molecule has 0 N–H and O–H groups in total. The van der Waals surface area contributed by atoms with Crippen molar-refractivity contribution in [2.45, 2.75) is 5.03 Å². The smallest absolute Gasteiger partial charge is 0.230 e. The number of rotatable bonds is 3. The van der Waals surface area contributed by atoms with Crippen LogP contribution in [-0.4, -0.2) is 27.8 Å². The molecule has 4 rings (SSSR count). The van der Waals surface area contributed by atoms with Crippen molar-refractivity contribution >= 4 is 23.3 Å². The van der Waals surface area contributed by atoms with E-state index in [0.29, 0.717) is 27.4 Å². The average molecular weight is 332 g/mol. The van der Waals surface area contributed by atoms with Crippen LogP contribution in [0, 0.1) is 0 Å². The first kappa shape index (κ1) is 14.8. The molecule has 0 bridgehead atoms. The summed E-state index contributed by atoms with van der Waals surface area (Å²) in [4.78, 5) is 34.1. The van der Waals surface area contributed by atoms with Gasteiger partial charge < -0.3 is 0 Å². The van der Waals surface area contributed by atoms with Crippen molar-refractivity contribution in [3.8, 4) is 11.3 Å². The molecule has 0 amide bonds. The molecule has 1 aliphatic carbocycles. The Morgan fingerprint density at radius 1 is 0.917 bits per heavy atom. The number of thioether (sulfide) groups is 1. The Kier molecular flexibility index (Phi) is 3.50. The van der Waals surface area contributed by atoms with E-state index in [0.717, 1.165) is 5.56 Å². The largest absolute Gasteiger partial charge is 0.288 e. The number of carbonyl (C=O) groups excluding carboxylic acids is 2. The third-order valence-corrected chi connectivity index (χ3v) is 4.64. The summed E-state index contributed by atoms with van der Waals surface area (Å²) in [5, 5.41) is 0.542. The lowest BCUT2D eigenvalue weighted by molar-refractivity contribution is 0.101. The maximum Gasteiger partial charge on any atom is 0.230 e. The lowest BCUT2D eigenvalue weighted by Gasteiger charge is -2.07. The number of hydrogen-bond donors (Lipinski definition) is 0. The predicted octanol–water partition coefficient (Wildman–Crippen LogP) is 3.64. The lowest BCUT2D eigenvalue weighted by atomic mass is 10.1. The zero-order valence-electron chi connectivity index (χ0n) is 12.8. The van der Waals surface area contributed by atoms with Gasteiger partial charge in [-0.3, -0.25) is 9.59 Å². The molecule has 3 aromatic rings. The van der Waals surface area contributed by atoms with Gasteiger partial charge in [-0.25, -0.2) is 9.97 Å². The molecule has 1 aliphatic rings. The first-order valence-electron chi connectivity index (χ1n) is 7.40. The SMILES string of the molecule is CSc1nc(C(=O)c2ccccc2)nc2c1C(=O)c1ccccc1-2. The molecular weight excluding hydrogens is 320 g/mol. The molecule has 0 radical (unpaired) electrons. The normalized spacial score (nSPS) is 12.0. The van der Waals surface area contributed by atoms with Gasteiger partial charge in [-0.15, -0.1) is 11.8 Å². The van der Waals surface area contributed by atoms with Crippen LogP contribution in [0.2, 0.25) is 0 Å². The molecule has 116 valence electrons. The number of nitrogens with zero attached hydrogens (tertiary/aromatic N) is 2. The third-order valence-electron chi connectivity index (χ3n) is 3.96. The highest BCUT2D eigenvalue weighted by molar-refractivity contribution is 7.98. The van der Waals surface area contributed by atoms with Gasteiger partial charge in [-0.05, 0) is 6.26 Å². The first-order chi connectivity index (χ1) is 11.7. The molecule has 1 heterocycles. The molecule has 0 fully saturated rings. The third kappa shape index (κ3) is 2.17. The van der Waals surface area contributed by atoms with E-state index in [4.69, 9.17) is 0 Å². The summed E-state index contributed by atoms with van der Waals surface area (Å²) < 4.78 is 0. The van der Waals surface area contributed by atoms with Crippen molar-refractivity contribution in [1.82, 2.24) is 9.97 Å². The summed E-state index contributed by atoms with van der Waals surface area (Å²) in [5.74, 6) is -0.206. The topological polar surface area (TPSA) is 59.9 Å². The number of ketones is 2. The van der Waals surface area contributed by atoms with Crippen molar-refractivity contribution in [3.05, 3.63) is 77.1 Å². The quantitative estimate of drug-likeness (QED) is 0.326. The summed E-state index contributed by atoms with van der Waals surface area (Å²) in [6.07, 6.45) is 1.84. The highest BCUT2D eigenvalue weighted by Gasteiger charge is 2.32. The Hall–Kier alpha value is -2.79. The molecule has 0 atom stereocenters. The number of benzene rings is 2. The maximum atomic E-state index is 12.7. The van der Waals surface area contributed by atoms with E-state index in [1.165, 1.54) is 11.8 Å². The van der Waals surface area contributed by atoms with E-state index < -0.39 is 0 Å². The zero-order chi connectivity index (χ0) is 16.7. The molecule has 0 saturated carbocycles. The van der Waals surface area contributed by atoms with Crippen molar-refractivity contribution in [1.29, 1.82) is 0 Å². The molecule has 0 aliphatic heterocycles. The van der Waals surface area contributed by atoms with E-state index in [2.05, 4.69) is 9.97 Å². The fourth-order valence-electron chi connectivity index (χ4n) is 2.83. The summed E-state index contributed by atoms with van der Waals surface area (Å²) in [5.41, 5.74) is 2.95. The Morgan fingerprint density at radius 3 is 2.29 bits per heavy atom. The minimum Gasteiger partial charge on any atom is -0.288 e. The second-order valence-electron chi connectivity index (χ2n) is 5.35. The zero-order valence-corrected chi connectivity index (χ0v) is 13.6. The van der Waals surface area contributed by atoms with Gasteiger partial charge in [0.05, 0.1) is 11.3 Å². The fourth-order valence-corrected chi connectivity index (χ4v) is 3.40. The van der Waals surface area contributed by atoms with Crippen LogP contribution in [0.4, 0.5) is 0 Å². The molecule has 0 unspecified atom stereocenters. The molecular formula is C19H12N2O2S. The molecule has 0 saturated heterocycles. The Bertz CT molecular complexity index is 984. The Labute approximate surface area is 143 Å². The van der Waals surface area contributed by atoms with Gasteiger partial charge in [0.25, 0.3) is 0 Å². The van der Waals surface area contributed by atoms with E-state index in [-0.39, 0.29) is 17.4 Å². The van der Waals surface area contributed by atoms with E-state index in [1.54, 1.807) is 30.3 Å². The predicted molar refractivity (Wildman–Crippen MR) is 92.6 cm³/mol. The van der Waals surface area contributed by atoms with Gasteiger partial charge in [-0.1, -0.05) is 54.6 Å². The minimum atomic E-state index is -0.245. The Balaban J connectivity index is 1.92. The highest BCUT2D eigenvalue weighted by atomic mass is 32.2. The molecule has 5 heteroatoms. The number of fused-ring (bicyclic) bond motifs is 3. The van der Waals surface area contributed by atoms with Crippen LogP contribution >= 0.6 is 11.8 Å². The molecule has 0 spiro atoms. The summed E-state index contributed by atoms with van der Waals surface area (Å²) >= 11 is 1.35. The van der Waals surface area contributed by atoms with Gasteiger partial charge >= 0.3 is 0 Å². The van der Waals surface area contributed by atoms with Gasteiger partial charge in [0.15, 0.2) is 5.78 Å². The second-order valence-corrected chi connectivity index (χ2v) is 6.14. The van der Waals surface area contributed by atoms with Crippen molar-refractivity contribution in [2.24, 2.45) is 0 Å². The van der Waals surface area contributed by atoms with E-state index >= 15 is 0 Å². The van der Waals surface area contributed by atoms with Crippen LogP contribution in [-0.2, 0) is 0 Å². The average Bonchev–Trinajstić information content (AvgIpc) is 2.94. The van der Waals surface area contributed by atoms with Crippen molar-refractivity contribution in [2.75, 3.05) is 6.26 Å². The van der Waals surface area contributed by atoms with Gasteiger partial charge in [-0.2, -0.15) is 0 Å². The van der Waals surface area contributed by atoms with E-state index in [1.807, 2.05) is 30.5 Å². The van der Waals surface area contributed by atoms with Crippen LogP contribution in [0.15, 0.2) is 59.6 Å². The highest BCUT2D eigenvalue weighted by Crippen LogP contribution is 2.38. The molecule has 24 heavy (non-hydrogen) atoms. The van der Waals surface area contributed by atoms with Gasteiger partial charge in [0.1, 0.15) is 5.03 Å². The van der Waals surface area contributed by atoms with Crippen LogP contribution in [0.5, 0.6) is 0 Å². The van der Waals surface area contributed by atoms with Crippen LogP contribution < -0.4 is 0 Å². The Morgan fingerprint density at radius 2 is 1.58 bits per heavy atom. The lowest BCUT2D eigenvalue weighted by Crippen LogP contribution is -2.11. The summed E-state index contributed by atoms with van der Waals surface area (Å²) in [7, 11) is 0. The van der Waals surface area contributed by atoms with Crippen molar-refractivity contribution in [3.63, 3.8) is 0 Å². The first-order valence-corrected chi connectivity index (χ1v) is 8.63. The molecule has 1 aromatic heterocycles. The monoisotopic (exact) mass is 332 g/mol. The van der Waals surface area contributed by atoms with Crippen molar-refractivity contribution < 1.29 is 9.59 Å². The summed E-state index contributed by atoms with van der Waals surface area (Å²) in [6, 6.07) is 16.2. The number of aromatic nitrogens is 2. The maximum absolute atomic E-state index is 12.7. The number of hydrogen-bond acceptors (Lipinski definition) is 5. The summed E-state index contributed by atoms with van der Waals surface area (Å²) in [6.45, 7) is 0. The van der Waals surface area contributed by atoms with E-state index in [9.17, 15) is 9.59 Å². The second kappa shape index (κ2) is 5.69. The molecule has 4 nitrogen and oxygen atoms in total. The van der Waals surface area contributed by atoms with Crippen LogP contribution in [0.3, 0.4) is 0 Å². The van der Waals surface area contributed by atoms with Gasteiger partial charge in [0, 0.05) is 16.7 Å². The van der Waals surface area contributed by atoms with Crippen LogP contribution in [0.1, 0.15) is 32.1 Å². The minimum absolute atomic E-state index is 0.0799.